The molecule has 0 aromatic rings. The lowest BCUT2D eigenvalue weighted by atomic mass is 9.86. The minimum Gasteiger partial charge on any atom is -0.381 e. The van der Waals surface area contributed by atoms with E-state index in [9.17, 15) is 4.79 Å². The van der Waals surface area contributed by atoms with Gasteiger partial charge in [-0.3, -0.25) is 9.69 Å². The molecular formula is C11H19NO2. The molecule has 2 aliphatic rings. The van der Waals surface area contributed by atoms with Crippen LogP contribution in [0.25, 0.3) is 0 Å². The Labute approximate surface area is 85.4 Å². The summed E-state index contributed by atoms with van der Waals surface area (Å²) in [6, 6.07) is 0. The third kappa shape index (κ3) is 1.48. The van der Waals surface area contributed by atoms with Gasteiger partial charge >= 0.3 is 0 Å². The van der Waals surface area contributed by atoms with Crippen molar-refractivity contribution in [3.63, 3.8) is 0 Å². The smallest absolute Gasteiger partial charge is 0.154 e. The Morgan fingerprint density at radius 2 is 2.14 bits per heavy atom. The number of Topliss-reactive ketones (excluding diaryl/α,β-unsaturated/α-hetero) is 1. The molecule has 0 N–H and O–H groups in total. The summed E-state index contributed by atoms with van der Waals surface area (Å²) in [5.74, 6) is 0.453. The third-order valence-electron chi connectivity index (χ3n) is 3.55. The second kappa shape index (κ2) is 3.99. The van der Waals surface area contributed by atoms with Gasteiger partial charge in [0, 0.05) is 26.2 Å². The molecule has 1 spiro atoms. The van der Waals surface area contributed by atoms with E-state index in [4.69, 9.17) is 4.74 Å². The highest BCUT2D eigenvalue weighted by Crippen LogP contribution is 2.34. The van der Waals surface area contributed by atoms with Gasteiger partial charge in [0.2, 0.25) is 0 Å². The highest BCUT2D eigenvalue weighted by Gasteiger charge is 2.48. The fourth-order valence-electron chi connectivity index (χ4n) is 2.76. The van der Waals surface area contributed by atoms with Gasteiger partial charge in [-0.1, -0.05) is 6.92 Å². The van der Waals surface area contributed by atoms with Crippen molar-refractivity contribution in [3.05, 3.63) is 0 Å². The minimum absolute atomic E-state index is 0.131. The first-order valence-corrected chi connectivity index (χ1v) is 5.66. The first-order chi connectivity index (χ1) is 6.79. The lowest BCUT2D eigenvalue weighted by Crippen LogP contribution is -2.52. The largest absolute Gasteiger partial charge is 0.381 e. The number of carbonyl (C=O) groups excluding carboxylic acids is 1. The maximum Gasteiger partial charge on any atom is 0.154 e. The van der Waals surface area contributed by atoms with Gasteiger partial charge < -0.3 is 4.74 Å². The van der Waals surface area contributed by atoms with Crippen LogP contribution in [0, 0.1) is 0 Å². The zero-order valence-electron chi connectivity index (χ0n) is 8.92. The van der Waals surface area contributed by atoms with E-state index in [1.807, 2.05) is 0 Å². The maximum absolute atomic E-state index is 11.9. The molecule has 2 fully saturated rings. The molecular weight excluding hydrogens is 178 g/mol. The molecule has 0 aromatic carbocycles. The summed E-state index contributed by atoms with van der Waals surface area (Å²) in [4.78, 5) is 14.3. The number of likely N-dealkylation sites (tertiary alicyclic amines) is 1. The van der Waals surface area contributed by atoms with Crippen LogP contribution in [0.15, 0.2) is 0 Å². The Morgan fingerprint density at radius 3 is 2.79 bits per heavy atom. The normalized spacial score (nSPS) is 27.4. The second-order valence-electron chi connectivity index (χ2n) is 4.30. The monoisotopic (exact) mass is 197 g/mol. The summed E-state index contributed by atoms with van der Waals surface area (Å²) in [7, 11) is 0. The fraction of sp³-hybridized carbons (Fsp3) is 0.909. The molecule has 2 heterocycles. The van der Waals surface area contributed by atoms with Gasteiger partial charge in [-0.15, -0.1) is 0 Å². The molecule has 2 rings (SSSR count). The number of nitrogens with zero attached hydrogens (tertiary/aromatic N) is 1. The van der Waals surface area contributed by atoms with Crippen molar-refractivity contribution in [2.45, 2.75) is 38.1 Å². The summed E-state index contributed by atoms with van der Waals surface area (Å²) >= 11 is 0. The molecule has 0 aromatic heterocycles. The fourth-order valence-corrected chi connectivity index (χ4v) is 2.76. The number of carbonyl (C=O) groups is 1. The average molecular weight is 197 g/mol. The summed E-state index contributed by atoms with van der Waals surface area (Å²) < 4.78 is 5.35. The minimum atomic E-state index is -0.131. The van der Waals surface area contributed by atoms with Crippen LogP contribution in [0.2, 0.25) is 0 Å². The number of rotatable bonds is 2. The molecule has 14 heavy (non-hydrogen) atoms. The topological polar surface area (TPSA) is 29.5 Å². The zero-order chi connectivity index (χ0) is 10.0. The highest BCUT2D eigenvalue weighted by molar-refractivity contribution is 5.90. The van der Waals surface area contributed by atoms with Crippen LogP contribution in [0.1, 0.15) is 32.6 Å². The Kier molecular flexibility index (Phi) is 2.88. The van der Waals surface area contributed by atoms with Gasteiger partial charge in [0.15, 0.2) is 5.78 Å². The maximum atomic E-state index is 11.9. The van der Waals surface area contributed by atoms with Crippen molar-refractivity contribution in [2.75, 3.05) is 26.3 Å². The van der Waals surface area contributed by atoms with Crippen LogP contribution in [-0.2, 0) is 9.53 Å². The molecule has 0 unspecified atom stereocenters. The van der Waals surface area contributed by atoms with E-state index < -0.39 is 0 Å². The molecule has 3 nitrogen and oxygen atoms in total. The Hall–Kier alpha value is -0.410. The first-order valence-electron chi connectivity index (χ1n) is 5.66. The average Bonchev–Trinajstić information content (AvgIpc) is 2.49. The molecule has 2 aliphatic heterocycles. The Morgan fingerprint density at radius 1 is 1.43 bits per heavy atom. The van der Waals surface area contributed by atoms with E-state index in [1.54, 1.807) is 0 Å². The first kappa shape index (κ1) is 10.1. The van der Waals surface area contributed by atoms with Crippen LogP contribution >= 0.6 is 0 Å². The van der Waals surface area contributed by atoms with Crippen LogP contribution in [0.5, 0.6) is 0 Å². The number of ketones is 1. The molecule has 0 atom stereocenters. The van der Waals surface area contributed by atoms with Gasteiger partial charge in [0.25, 0.3) is 0 Å². The molecule has 0 aliphatic carbocycles. The highest BCUT2D eigenvalue weighted by atomic mass is 16.5. The van der Waals surface area contributed by atoms with Gasteiger partial charge in [0.05, 0.1) is 5.54 Å². The molecule has 0 saturated carbocycles. The van der Waals surface area contributed by atoms with E-state index >= 15 is 0 Å². The van der Waals surface area contributed by atoms with E-state index in [0.29, 0.717) is 5.78 Å². The molecule has 3 heteroatoms. The summed E-state index contributed by atoms with van der Waals surface area (Å²) in [5.41, 5.74) is -0.131. The zero-order valence-corrected chi connectivity index (χ0v) is 8.92. The molecule has 80 valence electrons. The van der Waals surface area contributed by atoms with Crippen molar-refractivity contribution < 1.29 is 9.53 Å². The quantitative estimate of drug-likeness (QED) is 0.666. The van der Waals surface area contributed by atoms with Gasteiger partial charge in [0.1, 0.15) is 0 Å². The third-order valence-corrected chi connectivity index (χ3v) is 3.55. The van der Waals surface area contributed by atoms with E-state index in [2.05, 4.69) is 11.8 Å². The summed E-state index contributed by atoms with van der Waals surface area (Å²) in [5, 5.41) is 0. The van der Waals surface area contributed by atoms with Crippen LogP contribution in [-0.4, -0.2) is 42.5 Å². The van der Waals surface area contributed by atoms with E-state index in [1.165, 1.54) is 0 Å². The van der Waals surface area contributed by atoms with Crippen molar-refractivity contribution in [1.29, 1.82) is 0 Å². The molecule has 0 bridgehead atoms. The number of ether oxygens (including phenoxy) is 1. The Bertz CT molecular complexity index is 221. The van der Waals surface area contributed by atoms with Crippen LogP contribution in [0.3, 0.4) is 0 Å². The van der Waals surface area contributed by atoms with Gasteiger partial charge in [-0.05, 0) is 25.8 Å². The Balaban J connectivity index is 2.13. The number of hydrogen-bond donors (Lipinski definition) is 0. The molecule has 0 radical (unpaired) electrons. The van der Waals surface area contributed by atoms with Crippen molar-refractivity contribution in [3.8, 4) is 0 Å². The molecule has 0 amide bonds. The van der Waals surface area contributed by atoms with Crippen molar-refractivity contribution in [2.24, 2.45) is 0 Å². The number of hydrogen-bond acceptors (Lipinski definition) is 3. The van der Waals surface area contributed by atoms with E-state index in [-0.39, 0.29) is 5.54 Å². The standard InChI is InChI=1S/C11H19NO2/c1-2-6-12-7-3-10(13)11(12)4-8-14-9-5-11/h2-9H2,1H3. The summed E-state index contributed by atoms with van der Waals surface area (Å²) in [6.07, 6.45) is 3.70. The van der Waals surface area contributed by atoms with Crippen molar-refractivity contribution in [1.82, 2.24) is 4.90 Å². The second-order valence-corrected chi connectivity index (χ2v) is 4.30. The van der Waals surface area contributed by atoms with E-state index in [0.717, 1.165) is 52.0 Å². The predicted molar refractivity (Wildman–Crippen MR) is 54.3 cm³/mol. The van der Waals surface area contributed by atoms with Crippen molar-refractivity contribution >= 4 is 5.78 Å². The summed E-state index contributed by atoms with van der Waals surface area (Å²) in [6.45, 7) is 5.71. The lowest BCUT2D eigenvalue weighted by Gasteiger charge is -2.39. The molecule has 2 saturated heterocycles. The van der Waals surface area contributed by atoms with Crippen LogP contribution < -0.4 is 0 Å². The van der Waals surface area contributed by atoms with Gasteiger partial charge in [-0.2, -0.15) is 0 Å². The van der Waals surface area contributed by atoms with Gasteiger partial charge in [-0.25, -0.2) is 0 Å². The van der Waals surface area contributed by atoms with Crippen LogP contribution in [0.4, 0.5) is 0 Å². The predicted octanol–water partition coefficient (Wildman–Crippen LogP) is 1.22. The lowest BCUT2D eigenvalue weighted by molar-refractivity contribution is -0.130. The SMILES string of the molecule is CCCN1CCC(=O)C12CCOCC2.